The van der Waals surface area contributed by atoms with E-state index in [9.17, 15) is 9.59 Å². The number of fused-ring (bicyclic) bond motifs is 4. The molecule has 2 bridgehead atoms. The van der Waals surface area contributed by atoms with Crippen LogP contribution in [0.2, 0.25) is 0 Å². The lowest BCUT2D eigenvalue weighted by Gasteiger charge is -2.18. The van der Waals surface area contributed by atoms with Gasteiger partial charge in [0.15, 0.2) is 11.5 Å². The van der Waals surface area contributed by atoms with Crippen LogP contribution in [0.4, 0.5) is 0 Å². The normalized spacial score (nSPS) is 35.4. The van der Waals surface area contributed by atoms with Crippen molar-refractivity contribution in [1.29, 1.82) is 0 Å². The minimum atomic E-state index is -0.209. The highest BCUT2D eigenvalue weighted by molar-refractivity contribution is 6.07. The fraction of sp³-hybridized carbons (Fsp3) is 0.421. The second-order valence-electron chi connectivity index (χ2n) is 7.57. The van der Waals surface area contributed by atoms with E-state index in [-0.39, 0.29) is 47.7 Å². The molecule has 6 nitrogen and oxygen atoms in total. The number of hydrogen-bond acceptors (Lipinski definition) is 5. The van der Waals surface area contributed by atoms with Gasteiger partial charge in [-0.2, -0.15) is 10.1 Å². The maximum absolute atomic E-state index is 12.8. The van der Waals surface area contributed by atoms with E-state index in [1.54, 1.807) is 18.3 Å². The molecule has 0 unspecified atom stereocenters. The SMILES string of the molecule is O=C1[C@H]2[C@H](C(=O)N1/N=C\c1ccc3c(c1)OCO3)[C@H]1C=C[C@H]2C12CC2. The number of hydrogen-bond donors (Lipinski definition) is 0. The Kier molecular flexibility index (Phi) is 2.35. The highest BCUT2D eigenvalue weighted by Crippen LogP contribution is 2.73. The van der Waals surface area contributed by atoms with E-state index >= 15 is 0 Å². The van der Waals surface area contributed by atoms with Gasteiger partial charge >= 0.3 is 0 Å². The van der Waals surface area contributed by atoms with E-state index in [4.69, 9.17) is 9.47 Å². The highest BCUT2D eigenvalue weighted by atomic mass is 16.7. The average molecular weight is 336 g/mol. The molecule has 1 aromatic carbocycles. The van der Waals surface area contributed by atoms with Crippen molar-refractivity contribution in [2.75, 3.05) is 6.79 Å². The maximum atomic E-state index is 12.8. The molecule has 6 heteroatoms. The lowest BCUT2D eigenvalue weighted by Crippen LogP contribution is -2.30. The maximum Gasteiger partial charge on any atom is 0.254 e. The van der Waals surface area contributed by atoms with Crippen LogP contribution in [0.1, 0.15) is 18.4 Å². The number of imide groups is 1. The number of carbonyl (C=O) groups is 2. The van der Waals surface area contributed by atoms with Crippen molar-refractivity contribution >= 4 is 18.0 Å². The zero-order chi connectivity index (χ0) is 16.8. The lowest BCUT2D eigenvalue weighted by atomic mass is 9.85. The molecule has 2 amide bonds. The molecule has 3 fully saturated rings. The lowest BCUT2D eigenvalue weighted by molar-refractivity contribution is -0.141. The monoisotopic (exact) mass is 336 g/mol. The fourth-order valence-corrected chi connectivity index (χ4v) is 5.29. The molecule has 1 spiro atoms. The standard InChI is InChI=1S/C19H16N2O4/c22-17-15-11-2-3-12(19(11)5-6-19)16(15)18(23)21(17)20-8-10-1-4-13-14(7-10)25-9-24-13/h1-4,7-8,11-12,15-16H,5-6,9H2/b20-8-/t11-,12-,15-,16-/m1/s1. The van der Waals surface area contributed by atoms with Gasteiger partial charge in [-0.05, 0) is 53.9 Å². The first-order valence-corrected chi connectivity index (χ1v) is 8.69. The fourth-order valence-electron chi connectivity index (χ4n) is 5.29. The molecule has 25 heavy (non-hydrogen) atoms. The van der Waals surface area contributed by atoms with Crippen LogP contribution in [0.5, 0.6) is 11.5 Å². The van der Waals surface area contributed by atoms with Crippen molar-refractivity contribution in [3.63, 3.8) is 0 Å². The van der Waals surface area contributed by atoms with Gasteiger partial charge in [-0.1, -0.05) is 12.2 Å². The summed E-state index contributed by atoms with van der Waals surface area (Å²) in [6.45, 7) is 0.208. The van der Waals surface area contributed by atoms with Crippen LogP contribution >= 0.6 is 0 Å². The number of rotatable bonds is 2. The summed E-state index contributed by atoms with van der Waals surface area (Å²) in [6.07, 6.45) is 8.15. The van der Waals surface area contributed by atoms with Crippen LogP contribution in [0, 0.1) is 29.1 Å². The molecular formula is C19H16N2O4. The van der Waals surface area contributed by atoms with Gasteiger partial charge in [-0.3, -0.25) is 9.59 Å². The summed E-state index contributed by atoms with van der Waals surface area (Å²) in [4.78, 5) is 25.6. The van der Waals surface area contributed by atoms with Gasteiger partial charge in [-0.25, -0.2) is 0 Å². The number of amides is 2. The van der Waals surface area contributed by atoms with Crippen molar-refractivity contribution in [2.45, 2.75) is 12.8 Å². The van der Waals surface area contributed by atoms with Crippen LogP contribution in [0.15, 0.2) is 35.5 Å². The minimum absolute atomic E-state index is 0.143. The van der Waals surface area contributed by atoms with E-state index in [2.05, 4.69) is 17.3 Å². The molecule has 126 valence electrons. The number of ether oxygens (including phenoxy) is 2. The van der Waals surface area contributed by atoms with Crippen molar-refractivity contribution in [3.05, 3.63) is 35.9 Å². The third kappa shape index (κ3) is 1.57. The van der Waals surface area contributed by atoms with Crippen molar-refractivity contribution in [2.24, 2.45) is 34.2 Å². The summed E-state index contributed by atoms with van der Waals surface area (Å²) in [7, 11) is 0. The van der Waals surface area contributed by atoms with E-state index in [1.165, 1.54) is 0 Å². The van der Waals surface area contributed by atoms with Crippen molar-refractivity contribution < 1.29 is 19.1 Å². The predicted octanol–water partition coefficient (Wildman–Crippen LogP) is 1.95. The quantitative estimate of drug-likeness (QED) is 0.470. The Bertz CT molecular complexity index is 851. The number of allylic oxidation sites excluding steroid dienone is 2. The first kappa shape index (κ1) is 13.6. The van der Waals surface area contributed by atoms with Crippen LogP contribution < -0.4 is 9.47 Å². The van der Waals surface area contributed by atoms with E-state index in [1.807, 2.05) is 6.07 Å². The molecule has 2 heterocycles. The van der Waals surface area contributed by atoms with Gasteiger partial charge in [0, 0.05) is 0 Å². The number of benzene rings is 1. The molecule has 5 aliphatic rings. The van der Waals surface area contributed by atoms with Crippen LogP contribution in [0.3, 0.4) is 0 Å². The summed E-state index contributed by atoms with van der Waals surface area (Å²) >= 11 is 0. The summed E-state index contributed by atoms with van der Waals surface area (Å²) in [5.41, 5.74) is 0.981. The van der Waals surface area contributed by atoms with Gasteiger partial charge in [0.05, 0.1) is 18.1 Å². The van der Waals surface area contributed by atoms with Gasteiger partial charge in [0.1, 0.15) is 0 Å². The third-order valence-electron chi connectivity index (χ3n) is 6.55. The molecule has 2 aliphatic heterocycles. The molecule has 3 aliphatic carbocycles. The van der Waals surface area contributed by atoms with Crippen LogP contribution in [-0.2, 0) is 9.59 Å². The van der Waals surface area contributed by atoms with Crippen LogP contribution in [0.25, 0.3) is 0 Å². The largest absolute Gasteiger partial charge is 0.454 e. The minimum Gasteiger partial charge on any atom is -0.454 e. The van der Waals surface area contributed by atoms with Gasteiger partial charge in [-0.15, -0.1) is 0 Å². The number of hydrazone groups is 1. The average Bonchev–Trinajstić information content (AvgIpc) is 2.90. The molecule has 0 aromatic heterocycles. The summed E-state index contributed by atoms with van der Waals surface area (Å²) in [6, 6.07) is 5.42. The Morgan fingerprint density at radius 1 is 1.04 bits per heavy atom. The highest BCUT2D eigenvalue weighted by Gasteiger charge is 2.73. The predicted molar refractivity (Wildman–Crippen MR) is 86.8 cm³/mol. The summed E-state index contributed by atoms with van der Waals surface area (Å²) in [5, 5.41) is 5.30. The molecule has 1 aromatic rings. The van der Waals surface area contributed by atoms with Gasteiger partial charge < -0.3 is 9.47 Å². The molecule has 6 rings (SSSR count). The van der Waals surface area contributed by atoms with Gasteiger partial charge in [0.2, 0.25) is 6.79 Å². The topological polar surface area (TPSA) is 68.2 Å². The smallest absolute Gasteiger partial charge is 0.254 e. The molecule has 1 saturated heterocycles. The third-order valence-corrected chi connectivity index (χ3v) is 6.55. The molecule has 0 N–H and O–H groups in total. The number of carbonyl (C=O) groups excluding carboxylic acids is 2. The molecule has 0 radical (unpaired) electrons. The molecule has 4 atom stereocenters. The Labute approximate surface area is 144 Å². The Hall–Kier alpha value is -2.63. The first-order valence-electron chi connectivity index (χ1n) is 8.69. The second kappa shape index (κ2) is 4.31. The van der Waals surface area contributed by atoms with E-state index < -0.39 is 0 Å². The van der Waals surface area contributed by atoms with Crippen molar-refractivity contribution in [1.82, 2.24) is 5.01 Å². The van der Waals surface area contributed by atoms with Gasteiger partial charge in [0.25, 0.3) is 11.8 Å². The second-order valence-corrected chi connectivity index (χ2v) is 7.57. The summed E-state index contributed by atoms with van der Waals surface area (Å²) in [5.74, 6) is 1.09. The summed E-state index contributed by atoms with van der Waals surface area (Å²) < 4.78 is 10.6. The molecular weight excluding hydrogens is 320 g/mol. The van der Waals surface area contributed by atoms with Crippen LogP contribution in [-0.4, -0.2) is 29.8 Å². The number of nitrogens with zero attached hydrogens (tertiary/aromatic N) is 2. The Morgan fingerprint density at radius 2 is 1.72 bits per heavy atom. The Balaban J connectivity index is 1.29. The van der Waals surface area contributed by atoms with E-state index in [0.29, 0.717) is 11.5 Å². The zero-order valence-electron chi connectivity index (χ0n) is 13.4. The molecule has 2 saturated carbocycles. The first-order chi connectivity index (χ1) is 12.2. The van der Waals surface area contributed by atoms with E-state index in [0.717, 1.165) is 23.4 Å². The Morgan fingerprint density at radius 3 is 2.40 bits per heavy atom. The van der Waals surface area contributed by atoms with Crippen molar-refractivity contribution in [3.8, 4) is 11.5 Å². The zero-order valence-corrected chi connectivity index (χ0v) is 13.4.